The first-order valence-electron chi connectivity index (χ1n) is 6.27. The highest BCUT2D eigenvalue weighted by Gasteiger charge is 2.25. The van der Waals surface area contributed by atoms with Crippen molar-refractivity contribution in [1.82, 2.24) is 9.62 Å². The number of likely N-dealkylation sites (tertiary alicyclic amines) is 1. The lowest BCUT2D eigenvalue weighted by Crippen LogP contribution is -2.49. The van der Waals surface area contributed by atoms with Crippen molar-refractivity contribution in [2.75, 3.05) is 25.9 Å². The molecule has 0 bridgehead atoms. The van der Waals surface area contributed by atoms with E-state index >= 15 is 0 Å². The maximum atomic E-state index is 12.0. The third-order valence-corrected chi connectivity index (χ3v) is 3.84. The van der Waals surface area contributed by atoms with E-state index in [0.717, 1.165) is 19.1 Å². The predicted octanol–water partition coefficient (Wildman–Crippen LogP) is -0.488. The fourth-order valence-corrected chi connectivity index (χ4v) is 2.91. The number of carbonyl (C=O) groups excluding carboxylic acids is 1. The molecule has 106 valence electrons. The molecule has 0 spiro atoms. The topological polar surface area (TPSA) is 92.5 Å². The predicted molar refractivity (Wildman–Crippen MR) is 70.4 cm³/mol. The van der Waals surface area contributed by atoms with Gasteiger partial charge in [0.25, 0.3) is 0 Å². The van der Waals surface area contributed by atoms with Crippen molar-refractivity contribution < 1.29 is 13.2 Å². The number of nitrogens with two attached hydrogens (primary N) is 1. The summed E-state index contributed by atoms with van der Waals surface area (Å²) in [6.07, 6.45) is 3.19. The fraction of sp³-hybridized carbons (Fsp3) is 0.909. The van der Waals surface area contributed by atoms with Crippen LogP contribution in [0.15, 0.2) is 0 Å². The molecule has 0 aromatic rings. The third kappa shape index (κ3) is 5.32. The van der Waals surface area contributed by atoms with Gasteiger partial charge >= 0.3 is 0 Å². The lowest BCUT2D eigenvalue weighted by atomic mass is 10.0. The van der Waals surface area contributed by atoms with Gasteiger partial charge in [-0.15, -0.1) is 0 Å². The van der Waals surface area contributed by atoms with Gasteiger partial charge in [-0.3, -0.25) is 4.79 Å². The van der Waals surface area contributed by atoms with Crippen LogP contribution in [0.1, 0.15) is 26.2 Å². The van der Waals surface area contributed by atoms with Gasteiger partial charge in [-0.1, -0.05) is 6.92 Å². The minimum absolute atomic E-state index is 0.0629. The lowest BCUT2D eigenvalue weighted by Gasteiger charge is -2.33. The molecule has 0 aliphatic carbocycles. The molecule has 1 rings (SSSR count). The maximum Gasteiger partial charge on any atom is 0.222 e. The van der Waals surface area contributed by atoms with Crippen LogP contribution in [0.5, 0.6) is 0 Å². The average Bonchev–Trinajstić information content (AvgIpc) is 2.26. The molecule has 1 heterocycles. The molecule has 1 fully saturated rings. The van der Waals surface area contributed by atoms with Crippen molar-refractivity contribution in [1.29, 1.82) is 0 Å². The quantitative estimate of drug-likeness (QED) is 0.709. The molecule has 3 N–H and O–H groups in total. The number of nitrogens with one attached hydrogen (secondary N) is 1. The molecule has 0 saturated carbocycles. The summed E-state index contributed by atoms with van der Waals surface area (Å²) < 4.78 is 24.9. The van der Waals surface area contributed by atoms with Gasteiger partial charge in [-0.2, -0.15) is 0 Å². The van der Waals surface area contributed by atoms with Crippen LogP contribution in [-0.2, 0) is 14.8 Å². The van der Waals surface area contributed by atoms with Gasteiger partial charge in [-0.25, -0.2) is 13.1 Å². The van der Waals surface area contributed by atoms with Crippen LogP contribution in [0.4, 0.5) is 0 Å². The minimum Gasteiger partial charge on any atom is -0.341 e. The van der Waals surface area contributed by atoms with Crippen molar-refractivity contribution in [3.8, 4) is 0 Å². The summed E-state index contributed by atoms with van der Waals surface area (Å²) in [5.41, 5.74) is 5.50. The van der Waals surface area contributed by atoms with Gasteiger partial charge in [0.2, 0.25) is 15.9 Å². The summed E-state index contributed by atoms with van der Waals surface area (Å²) in [7, 11) is -3.21. The van der Waals surface area contributed by atoms with E-state index in [4.69, 9.17) is 5.73 Å². The SMILES string of the molecule is CC(CN)CC(=O)N1CCCC(NS(C)(=O)=O)C1. The van der Waals surface area contributed by atoms with Crippen LogP contribution in [-0.4, -0.2) is 51.2 Å². The van der Waals surface area contributed by atoms with E-state index in [1.54, 1.807) is 4.90 Å². The molecule has 2 atom stereocenters. The Kier molecular flexibility index (Phi) is 5.55. The first kappa shape index (κ1) is 15.4. The standard InChI is InChI=1S/C11H23N3O3S/c1-9(7-12)6-11(15)14-5-3-4-10(8-14)13-18(2,16)17/h9-10,13H,3-8,12H2,1-2H3. The number of rotatable bonds is 5. The molecule has 0 aromatic carbocycles. The van der Waals surface area contributed by atoms with Gasteiger partial charge in [0.1, 0.15) is 0 Å². The van der Waals surface area contributed by atoms with Crippen LogP contribution in [0.3, 0.4) is 0 Å². The van der Waals surface area contributed by atoms with E-state index in [0.29, 0.717) is 26.1 Å². The first-order valence-corrected chi connectivity index (χ1v) is 8.16. The Balaban J connectivity index is 2.50. The van der Waals surface area contributed by atoms with E-state index in [2.05, 4.69) is 4.72 Å². The maximum absolute atomic E-state index is 12.0. The van der Waals surface area contributed by atoms with E-state index in [1.165, 1.54) is 0 Å². The van der Waals surface area contributed by atoms with Crippen LogP contribution in [0, 0.1) is 5.92 Å². The Morgan fingerprint density at radius 2 is 2.22 bits per heavy atom. The Morgan fingerprint density at radius 1 is 1.56 bits per heavy atom. The van der Waals surface area contributed by atoms with Gasteiger partial charge in [0, 0.05) is 25.6 Å². The number of amides is 1. The van der Waals surface area contributed by atoms with Crippen molar-refractivity contribution in [2.24, 2.45) is 11.7 Å². The Labute approximate surface area is 109 Å². The van der Waals surface area contributed by atoms with Gasteiger partial charge in [0.05, 0.1) is 6.26 Å². The molecule has 2 unspecified atom stereocenters. The Bertz CT molecular complexity index is 383. The molecule has 0 radical (unpaired) electrons. The lowest BCUT2D eigenvalue weighted by molar-refractivity contribution is -0.133. The number of hydrogen-bond acceptors (Lipinski definition) is 4. The van der Waals surface area contributed by atoms with E-state index in [1.807, 2.05) is 6.92 Å². The largest absolute Gasteiger partial charge is 0.341 e. The molecule has 6 nitrogen and oxygen atoms in total. The Hall–Kier alpha value is -0.660. The van der Waals surface area contributed by atoms with Crippen LogP contribution < -0.4 is 10.5 Å². The summed E-state index contributed by atoms with van der Waals surface area (Å²) in [5, 5.41) is 0. The van der Waals surface area contributed by atoms with E-state index in [9.17, 15) is 13.2 Å². The number of nitrogens with zero attached hydrogens (tertiary/aromatic N) is 1. The third-order valence-electron chi connectivity index (χ3n) is 3.08. The van der Waals surface area contributed by atoms with Crippen molar-refractivity contribution in [3.05, 3.63) is 0 Å². The van der Waals surface area contributed by atoms with Crippen molar-refractivity contribution in [3.63, 3.8) is 0 Å². The smallest absolute Gasteiger partial charge is 0.222 e. The molecule has 7 heteroatoms. The van der Waals surface area contributed by atoms with E-state index < -0.39 is 10.0 Å². The Morgan fingerprint density at radius 3 is 2.78 bits per heavy atom. The minimum atomic E-state index is -3.21. The molecular weight excluding hydrogens is 254 g/mol. The molecular formula is C11H23N3O3S. The number of carbonyl (C=O) groups is 1. The highest BCUT2D eigenvalue weighted by atomic mass is 32.2. The van der Waals surface area contributed by atoms with Gasteiger partial charge in [-0.05, 0) is 25.3 Å². The average molecular weight is 277 g/mol. The first-order chi connectivity index (χ1) is 8.31. The van der Waals surface area contributed by atoms with Gasteiger partial charge < -0.3 is 10.6 Å². The fourth-order valence-electron chi connectivity index (χ4n) is 2.11. The second-order valence-corrected chi connectivity index (χ2v) is 6.89. The second-order valence-electron chi connectivity index (χ2n) is 5.11. The highest BCUT2D eigenvalue weighted by Crippen LogP contribution is 2.13. The zero-order valence-corrected chi connectivity index (χ0v) is 11.9. The monoisotopic (exact) mass is 277 g/mol. The van der Waals surface area contributed by atoms with Crippen molar-refractivity contribution in [2.45, 2.75) is 32.2 Å². The second kappa shape index (κ2) is 6.49. The van der Waals surface area contributed by atoms with Crippen LogP contribution in [0.2, 0.25) is 0 Å². The van der Waals surface area contributed by atoms with Crippen molar-refractivity contribution >= 4 is 15.9 Å². The highest BCUT2D eigenvalue weighted by molar-refractivity contribution is 7.88. The summed E-state index contributed by atoms with van der Waals surface area (Å²) in [4.78, 5) is 13.7. The van der Waals surface area contributed by atoms with E-state index in [-0.39, 0.29) is 17.9 Å². The van der Waals surface area contributed by atoms with Crippen LogP contribution in [0.25, 0.3) is 0 Å². The summed E-state index contributed by atoms with van der Waals surface area (Å²) >= 11 is 0. The summed E-state index contributed by atoms with van der Waals surface area (Å²) in [6.45, 7) is 3.60. The zero-order valence-electron chi connectivity index (χ0n) is 11.1. The molecule has 1 amide bonds. The zero-order chi connectivity index (χ0) is 13.8. The summed E-state index contributed by atoms with van der Waals surface area (Å²) in [5.74, 6) is 0.230. The normalized spacial score (nSPS) is 22.8. The van der Waals surface area contributed by atoms with Crippen LogP contribution >= 0.6 is 0 Å². The number of hydrogen-bond donors (Lipinski definition) is 2. The summed E-state index contributed by atoms with van der Waals surface area (Å²) in [6, 6.07) is -0.161. The molecule has 0 aromatic heterocycles. The number of sulfonamides is 1. The molecule has 18 heavy (non-hydrogen) atoms. The molecule has 1 saturated heterocycles. The molecule has 1 aliphatic heterocycles. The van der Waals surface area contributed by atoms with Gasteiger partial charge in [0.15, 0.2) is 0 Å². The number of piperidine rings is 1. The molecule has 1 aliphatic rings.